The van der Waals surface area contributed by atoms with Crippen molar-refractivity contribution in [1.29, 1.82) is 0 Å². The third-order valence-corrected chi connectivity index (χ3v) is 6.12. The maximum absolute atomic E-state index is 13.0. The van der Waals surface area contributed by atoms with Gasteiger partial charge in [0.15, 0.2) is 5.16 Å². The van der Waals surface area contributed by atoms with Gasteiger partial charge >= 0.3 is 5.97 Å². The van der Waals surface area contributed by atoms with Crippen molar-refractivity contribution in [2.75, 3.05) is 12.4 Å². The SMILES string of the molecule is CCCn1c(SCC(=O)OCC)nc2cc(-c3ccc(C)cc3)sc2c1=O. The number of nitrogens with zero attached hydrogens (tertiary/aromatic N) is 2. The molecular formula is C20H22N2O3S2. The van der Waals surface area contributed by atoms with Gasteiger partial charge in [0.05, 0.1) is 17.9 Å². The van der Waals surface area contributed by atoms with Crippen LogP contribution in [0.1, 0.15) is 25.8 Å². The van der Waals surface area contributed by atoms with E-state index in [0.29, 0.717) is 28.5 Å². The van der Waals surface area contributed by atoms with Crippen molar-refractivity contribution in [2.45, 2.75) is 38.9 Å². The monoisotopic (exact) mass is 402 g/mol. The number of benzene rings is 1. The zero-order chi connectivity index (χ0) is 19.4. The van der Waals surface area contributed by atoms with Crippen LogP contribution in [0.4, 0.5) is 0 Å². The summed E-state index contributed by atoms with van der Waals surface area (Å²) in [6.07, 6.45) is 0.816. The lowest BCUT2D eigenvalue weighted by Crippen LogP contribution is -2.23. The Morgan fingerprint density at radius 2 is 2.00 bits per heavy atom. The summed E-state index contributed by atoms with van der Waals surface area (Å²) in [6, 6.07) is 10.2. The fourth-order valence-corrected chi connectivity index (χ4v) is 4.58. The fourth-order valence-electron chi connectivity index (χ4n) is 2.71. The summed E-state index contributed by atoms with van der Waals surface area (Å²) in [5.41, 5.74) is 2.91. The van der Waals surface area contributed by atoms with Gasteiger partial charge in [-0.05, 0) is 31.9 Å². The molecule has 1 aromatic carbocycles. The molecule has 0 amide bonds. The molecule has 0 aliphatic heterocycles. The number of esters is 1. The first-order valence-electron chi connectivity index (χ1n) is 8.93. The Bertz CT molecular complexity index is 1010. The van der Waals surface area contributed by atoms with Gasteiger partial charge in [-0.1, -0.05) is 48.5 Å². The van der Waals surface area contributed by atoms with Gasteiger partial charge in [-0.3, -0.25) is 14.2 Å². The quantitative estimate of drug-likeness (QED) is 0.331. The average molecular weight is 403 g/mol. The molecule has 3 rings (SSSR count). The largest absolute Gasteiger partial charge is 0.465 e. The van der Waals surface area contributed by atoms with Crippen LogP contribution in [0, 0.1) is 6.92 Å². The highest BCUT2D eigenvalue weighted by atomic mass is 32.2. The molecule has 0 aliphatic carbocycles. The molecule has 27 heavy (non-hydrogen) atoms. The molecule has 0 unspecified atom stereocenters. The van der Waals surface area contributed by atoms with Crippen LogP contribution in [0.2, 0.25) is 0 Å². The molecule has 0 aliphatic rings. The lowest BCUT2D eigenvalue weighted by atomic mass is 10.1. The molecular weight excluding hydrogens is 380 g/mol. The summed E-state index contributed by atoms with van der Waals surface area (Å²) in [6.45, 7) is 6.76. The first kappa shape index (κ1) is 19.6. The molecule has 0 saturated heterocycles. The number of rotatable bonds is 7. The summed E-state index contributed by atoms with van der Waals surface area (Å²) >= 11 is 2.72. The van der Waals surface area contributed by atoms with E-state index in [0.717, 1.165) is 16.9 Å². The molecule has 5 nitrogen and oxygen atoms in total. The van der Waals surface area contributed by atoms with Crippen LogP contribution in [-0.2, 0) is 16.1 Å². The number of ether oxygens (including phenoxy) is 1. The molecule has 0 fully saturated rings. The Morgan fingerprint density at radius 3 is 2.67 bits per heavy atom. The van der Waals surface area contributed by atoms with E-state index in [4.69, 9.17) is 4.74 Å². The number of hydrogen-bond acceptors (Lipinski definition) is 6. The fraction of sp³-hybridized carbons (Fsp3) is 0.350. The maximum atomic E-state index is 13.0. The molecule has 0 N–H and O–H groups in total. The predicted octanol–water partition coefficient (Wildman–Crippen LogP) is 4.50. The van der Waals surface area contributed by atoms with Crippen molar-refractivity contribution in [2.24, 2.45) is 0 Å². The third-order valence-electron chi connectivity index (χ3n) is 4.01. The van der Waals surface area contributed by atoms with Crippen molar-refractivity contribution in [3.63, 3.8) is 0 Å². The van der Waals surface area contributed by atoms with Gasteiger partial charge in [0.1, 0.15) is 4.70 Å². The summed E-state index contributed by atoms with van der Waals surface area (Å²) in [4.78, 5) is 30.4. The van der Waals surface area contributed by atoms with E-state index in [9.17, 15) is 9.59 Å². The van der Waals surface area contributed by atoms with Crippen LogP contribution >= 0.6 is 23.1 Å². The number of thioether (sulfide) groups is 1. The van der Waals surface area contributed by atoms with Gasteiger partial charge in [0.25, 0.3) is 5.56 Å². The lowest BCUT2D eigenvalue weighted by molar-refractivity contribution is -0.139. The molecule has 0 atom stereocenters. The van der Waals surface area contributed by atoms with E-state index in [1.807, 2.05) is 19.9 Å². The Morgan fingerprint density at radius 1 is 1.26 bits per heavy atom. The van der Waals surface area contributed by atoms with E-state index in [1.54, 1.807) is 11.5 Å². The molecule has 0 bridgehead atoms. The van der Waals surface area contributed by atoms with Crippen molar-refractivity contribution in [3.05, 3.63) is 46.2 Å². The smallest absolute Gasteiger partial charge is 0.316 e. The Kier molecular flexibility index (Phi) is 6.34. The summed E-state index contributed by atoms with van der Waals surface area (Å²) in [5.74, 6) is -0.157. The van der Waals surface area contributed by atoms with Crippen LogP contribution < -0.4 is 5.56 Å². The van der Waals surface area contributed by atoms with Gasteiger partial charge in [0, 0.05) is 11.4 Å². The second kappa shape index (κ2) is 8.71. The first-order chi connectivity index (χ1) is 13.0. The molecule has 0 saturated carbocycles. The number of fused-ring (bicyclic) bond motifs is 1. The van der Waals surface area contributed by atoms with Gasteiger partial charge in [-0.2, -0.15) is 0 Å². The number of thiophene rings is 1. The highest BCUT2D eigenvalue weighted by Gasteiger charge is 2.16. The number of hydrogen-bond donors (Lipinski definition) is 0. The minimum absolute atomic E-state index is 0.0448. The predicted molar refractivity (Wildman–Crippen MR) is 112 cm³/mol. The van der Waals surface area contributed by atoms with E-state index < -0.39 is 0 Å². The summed E-state index contributed by atoms with van der Waals surface area (Å²) in [7, 11) is 0. The standard InChI is InChI=1S/C20H22N2O3S2/c1-4-10-22-19(24)18-15(21-20(22)26-12-17(23)25-5-2)11-16(27-18)14-8-6-13(3)7-9-14/h6-9,11H,4-5,10,12H2,1-3H3. The Balaban J connectivity index is 2.02. The van der Waals surface area contributed by atoms with Crippen LogP contribution in [0.25, 0.3) is 20.7 Å². The summed E-state index contributed by atoms with van der Waals surface area (Å²) in [5, 5.41) is 0.565. The van der Waals surface area contributed by atoms with E-state index >= 15 is 0 Å². The number of carbonyl (C=O) groups is 1. The highest BCUT2D eigenvalue weighted by molar-refractivity contribution is 7.99. The second-order valence-corrected chi connectivity index (χ2v) is 8.13. The van der Waals surface area contributed by atoms with E-state index in [-0.39, 0.29) is 17.3 Å². The zero-order valence-corrected chi connectivity index (χ0v) is 17.3. The topological polar surface area (TPSA) is 61.2 Å². The second-order valence-electron chi connectivity index (χ2n) is 6.14. The van der Waals surface area contributed by atoms with Crippen molar-refractivity contribution in [3.8, 4) is 10.4 Å². The summed E-state index contributed by atoms with van der Waals surface area (Å²) < 4.78 is 7.30. The highest BCUT2D eigenvalue weighted by Crippen LogP contribution is 2.32. The molecule has 142 valence electrons. The molecule has 0 spiro atoms. The van der Waals surface area contributed by atoms with Crippen LogP contribution in [0.5, 0.6) is 0 Å². The molecule has 2 aromatic heterocycles. The lowest BCUT2D eigenvalue weighted by Gasteiger charge is -2.10. The van der Waals surface area contributed by atoms with Gasteiger partial charge < -0.3 is 4.74 Å². The Hall–Kier alpha value is -2.12. The zero-order valence-electron chi connectivity index (χ0n) is 15.7. The van der Waals surface area contributed by atoms with Gasteiger partial charge in [-0.15, -0.1) is 11.3 Å². The first-order valence-corrected chi connectivity index (χ1v) is 10.7. The molecule has 7 heteroatoms. The van der Waals surface area contributed by atoms with Gasteiger partial charge in [-0.25, -0.2) is 4.98 Å². The minimum Gasteiger partial charge on any atom is -0.465 e. The Labute approximate surface area is 166 Å². The number of aromatic nitrogens is 2. The van der Waals surface area contributed by atoms with E-state index in [1.165, 1.54) is 28.7 Å². The third kappa shape index (κ3) is 4.42. The minimum atomic E-state index is -0.300. The van der Waals surface area contributed by atoms with Crippen molar-refractivity contribution < 1.29 is 9.53 Å². The molecule has 2 heterocycles. The maximum Gasteiger partial charge on any atom is 0.316 e. The van der Waals surface area contributed by atoms with Crippen molar-refractivity contribution >= 4 is 39.3 Å². The normalized spacial score (nSPS) is 11.1. The molecule has 0 radical (unpaired) electrons. The van der Waals surface area contributed by atoms with Gasteiger partial charge in [0.2, 0.25) is 0 Å². The molecule has 3 aromatic rings. The number of carbonyl (C=O) groups excluding carboxylic acids is 1. The van der Waals surface area contributed by atoms with Crippen molar-refractivity contribution in [1.82, 2.24) is 9.55 Å². The van der Waals surface area contributed by atoms with Crippen LogP contribution in [-0.4, -0.2) is 27.9 Å². The average Bonchev–Trinajstić information content (AvgIpc) is 3.08. The van der Waals surface area contributed by atoms with Crippen LogP contribution in [0.3, 0.4) is 0 Å². The van der Waals surface area contributed by atoms with Crippen LogP contribution in [0.15, 0.2) is 40.3 Å². The van der Waals surface area contributed by atoms with E-state index in [2.05, 4.69) is 29.2 Å². The number of aryl methyl sites for hydroxylation is 1.